The Hall–Kier alpha value is -1.88. The van der Waals surface area contributed by atoms with Crippen molar-refractivity contribution in [3.05, 3.63) is 57.8 Å². The molecule has 0 spiro atoms. The normalized spacial score (nSPS) is 10.3. The molecule has 0 fully saturated rings. The molecule has 0 saturated carbocycles. The van der Waals surface area contributed by atoms with E-state index >= 15 is 0 Å². The summed E-state index contributed by atoms with van der Waals surface area (Å²) in [5.74, 6) is -0.614. The molecule has 0 radical (unpaired) electrons. The Balaban J connectivity index is 2.17. The Kier molecular flexibility index (Phi) is 4.96. The van der Waals surface area contributed by atoms with Gasteiger partial charge in [-0.05, 0) is 49.7 Å². The zero-order chi connectivity index (χ0) is 15.4. The van der Waals surface area contributed by atoms with Gasteiger partial charge in [0.1, 0.15) is 0 Å². The first-order valence-corrected chi connectivity index (χ1v) is 7.30. The molecule has 0 aliphatic heterocycles. The van der Waals surface area contributed by atoms with Crippen LogP contribution in [-0.4, -0.2) is 12.5 Å². The molecule has 2 aromatic rings. The molecule has 0 bridgehead atoms. The van der Waals surface area contributed by atoms with Crippen molar-refractivity contribution >= 4 is 27.5 Å². The van der Waals surface area contributed by atoms with Gasteiger partial charge in [-0.2, -0.15) is 0 Å². The number of carbonyl (C=O) groups is 1. The molecule has 0 unspecified atom stereocenters. The van der Waals surface area contributed by atoms with E-state index in [1.807, 2.05) is 13.0 Å². The molecule has 0 aliphatic carbocycles. The highest BCUT2D eigenvalue weighted by molar-refractivity contribution is 9.10. The van der Waals surface area contributed by atoms with Gasteiger partial charge in [0.2, 0.25) is 0 Å². The Morgan fingerprint density at radius 1 is 1.29 bits per heavy atom. The number of benzene rings is 2. The number of hydrogen-bond acceptors (Lipinski definition) is 2. The van der Waals surface area contributed by atoms with Crippen molar-refractivity contribution in [2.75, 3.05) is 11.9 Å². The average Bonchev–Trinajstić information content (AvgIpc) is 2.41. The van der Waals surface area contributed by atoms with E-state index in [-0.39, 0.29) is 11.7 Å². The van der Waals surface area contributed by atoms with Crippen LogP contribution in [0.1, 0.15) is 22.8 Å². The van der Waals surface area contributed by atoms with Crippen molar-refractivity contribution < 1.29 is 13.9 Å². The lowest BCUT2D eigenvalue weighted by atomic mass is 10.1. The van der Waals surface area contributed by atoms with Crippen LogP contribution < -0.4 is 10.1 Å². The molecule has 0 saturated heterocycles. The summed E-state index contributed by atoms with van der Waals surface area (Å²) >= 11 is 3.35. The van der Waals surface area contributed by atoms with Crippen LogP contribution in [0.25, 0.3) is 0 Å². The smallest absolute Gasteiger partial charge is 0.255 e. The van der Waals surface area contributed by atoms with Gasteiger partial charge in [0.25, 0.3) is 5.91 Å². The lowest BCUT2D eigenvalue weighted by Crippen LogP contribution is -2.12. The van der Waals surface area contributed by atoms with Gasteiger partial charge >= 0.3 is 0 Å². The molecule has 1 N–H and O–H groups in total. The van der Waals surface area contributed by atoms with E-state index < -0.39 is 5.82 Å². The third-order valence-electron chi connectivity index (χ3n) is 2.79. The molecule has 2 aromatic carbocycles. The number of amides is 1. The molecule has 1 amide bonds. The summed E-state index contributed by atoms with van der Waals surface area (Å²) in [6, 6.07) is 9.75. The third-order valence-corrected chi connectivity index (χ3v) is 3.25. The van der Waals surface area contributed by atoms with Crippen molar-refractivity contribution in [1.29, 1.82) is 0 Å². The van der Waals surface area contributed by atoms with Crippen molar-refractivity contribution in [3.63, 3.8) is 0 Å². The summed E-state index contributed by atoms with van der Waals surface area (Å²) in [4.78, 5) is 12.2. The van der Waals surface area contributed by atoms with Crippen LogP contribution in [0.5, 0.6) is 5.75 Å². The Bertz CT molecular complexity index is 653. The maximum absolute atomic E-state index is 13.7. The van der Waals surface area contributed by atoms with Crippen LogP contribution >= 0.6 is 15.9 Å². The van der Waals surface area contributed by atoms with E-state index in [4.69, 9.17) is 4.74 Å². The highest BCUT2D eigenvalue weighted by Crippen LogP contribution is 2.22. The van der Waals surface area contributed by atoms with Crippen LogP contribution in [0, 0.1) is 12.7 Å². The Morgan fingerprint density at radius 2 is 2.05 bits per heavy atom. The first kappa shape index (κ1) is 15.5. The van der Waals surface area contributed by atoms with Crippen LogP contribution in [0.3, 0.4) is 0 Å². The number of halogens is 2. The number of rotatable bonds is 4. The minimum absolute atomic E-state index is 0.175. The fraction of sp³-hybridized carbons (Fsp3) is 0.188. The van der Waals surface area contributed by atoms with Crippen molar-refractivity contribution in [2.24, 2.45) is 0 Å². The fourth-order valence-electron chi connectivity index (χ4n) is 1.92. The SMILES string of the molecule is CCOc1ccc(NC(=O)c2cc(C)cc(Br)c2)cc1F. The van der Waals surface area contributed by atoms with Crippen LogP contribution in [0.15, 0.2) is 40.9 Å². The van der Waals surface area contributed by atoms with E-state index in [1.54, 1.807) is 25.1 Å². The maximum Gasteiger partial charge on any atom is 0.255 e. The van der Waals surface area contributed by atoms with Gasteiger partial charge in [0.05, 0.1) is 6.61 Å². The zero-order valence-corrected chi connectivity index (χ0v) is 13.3. The second-order valence-electron chi connectivity index (χ2n) is 4.55. The predicted molar refractivity (Wildman–Crippen MR) is 84.4 cm³/mol. The number of aryl methyl sites for hydroxylation is 1. The van der Waals surface area contributed by atoms with Gasteiger partial charge in [0, 0.05) is 21.8 Å². The number of hydrogen-bond donors (Lipinski definition) is 1. The van der Waals surface area contributed by atoms with Gasteiger partial charge in [-0.25, -0.2) is 4.39 Å². The van der Waals surface area contributed by atoms with Crippen LogP contribution in [-0.2, 0) is 0 Å². The maximum atomic E-state index is 13.7. The summed E-state index contributed by atoms with van der Waals surface area (Å²) in [6.45, 7) is 4.07. The Labute approximate surface area is 131 Å². The highest BCUT2D eigenvalue weighted by atomic mass is 79.9. The first-order valence-electron chi connectivity index (χ1n) is 6.50. The molecule has 2 rings (SSSR count). The number of anilines is 1. The first-order chi connectivity index (χ1) is 9.99. The molecular weight excluding hydrogens is 337 g/mol. The third kappa shape index (κ3) is 4.04. The van der Waals surface area contributed by atoms with Gasteiger partial charge in [-0.15, -0.1) is 0 Å². The van der Waals surface area contributed by atoms with Crippen LogP contribution in [0.2, 0.25) is 0 Å². The van der Waals surface area contributed by atoms with E-state index in [0.717, 1.165) is 10.0 Å². The lowest BCUT2D eigenvalue weighted by Gasteiger charge is -2.09. The molecule has 0 heterocycles. The highest BCUT2D eigenvalue weighted by Gasteiger charge is 2.10. The van der Waals surface area contributed by atoms with Crippen LogP contribution in [0.4, 0.5) is 10.1 Å². The summed E-state index contributed by atoms with van der Waals surface area (Å²) in [7, 11) is 0. The molecular formula is C16H15BrFNO2. The molecule has 0 aromatic heterocycles. The molecule has 21 heavy (non-hydrogen) atoms. The van der Waals surface area contributed by atoms with Crippen molar-refractivity contribution in [1.82, 2.24) is 0 Å². The minimum atomic E-state index is -0.500. The molecule has 0 atom stereocenters. The summed E-state index contributed by atoms with van der Waals surface area (Å²) in [5, 5.41) is 2.67. The van der Waals surface area contributed by atoms with Crippen molar-refractivity contribution in [3.8, 4) is 5.75 Å². The summed E-state index contributed by atoms with van der Waals surface area (Å²) < 4.78 is 19.7. The summed E-state index contributed by atoms with van der Waals surface area (Å²) in [6.07, 6.45) is 0. The second-order valence-corrected chi connectivity index (χ2v) is 5.47. The largest absolute Gasteiger partial charge is 0.491 e. The lowest BCUT2D eigenvalue weighted by molar-refractivity contribution is 0.102. The van der Waals surface area contributed by atoms with Gasteiger partial charge in [-0.3, -0.25) is 4.79 Å². The number of ether oxygens (including phenoxy) is 1. The fourth-order valence-corrected chi connectivity index (χ4v) is 2.53. The van der Waals surface area contributed by atoms with Gasteiger partial charge in [-0.1, -0.05) is 15.9 Å². The standard InChI is InChI=1S/C16H15BrFNO2/c1-3-21-15-5-4-13(9-14(15)18)19-16(20)11-6-10(2)7-12(17)8-11/h4-9H,3H2,1-2H3,(H,19,20). The van der Waals surface area contributed by atoms with E-state index in [0.29, 0.717) is 17.9 Å². The van der Waals surface area contributed by atoms with E-state index in [1.165, 1.54) is 12.1 Å². The second kappa shape index (κ2) is 6.72. The number of nitrogens with one attached hydrogen (secondary N) is 1. The Morgan fingerprint density at radius 3 is 2.67 bits per heavy atom. The molecule has 0 aliphatic rings. The van der Waals surface area contributed by atoms with E-state index in [2.05, 4.69) is 21.2 Å². The zero-order valence-electron chi connectivity index (χ0n) is 11.7. The van der Waals surface area contributed by atoms with E-state index in [9.17, 15) is 9.18 Å². The predicted octanol–water partition coefficient (Wildman–Crippen LogP) is 4.55. The molecule has 110 valence electrons. The number of carbonyl (C=O) groups excluding carboxylic acids is 1. The summed E-state index contributed by atoms with van der Waals surface area (Å²) in [5.41, 5.74) is 1.86. The molecule has 5 heteroatoms. The average molecular weight is 352 g/mol. The quantitative estimate of drug-likeness (QED) is 0.877. The molecule has 3 nitrogen and oxygen atoms in total. The monoisotopic (exact) mass is 351 g/mol. The van der Waals surface area contributed by atoms with Gasteiger partial charge < -0.3 is 10.1 Å². The minimum Gasteiger partial charge on any atom is -0.491 e. The van der Waals surface area contributed by atoms with Crippen molar-refractivity contribution in [2.45, 2.75) is 13.8 Å². The van der Waals surface area contributed by atoms with Gasteiger partial charge in [0.15, 0.2) is 11.6 Å². The topological polar surface area (TPSA) is 38.3 Å².